The van der Waals surface area contributed by atoms with Crippen molar-refractivity contribution < 1.29 is 4.74 Å². The van der Waals surface area contributed by atoms with Crippen LogP contribution in [-0.2, 0) is 4.74 Å². The Morgan fingerprint density at radius 1 is 1.30 bits per heavy atom. The first-order valence-corrected chi connectivity index (χ1v) is 7.29. The lowest BCUT2D eigenvalue weighted by atomic mass is 9.80. The minimum absolute atomic E-state index is 0.0698. The van der Waals surface area contributed by atoms with Gasteiger partial charge in [0.25, 0.3) is 0 Å². The number of ether oxygens (including phenoxy) is 1. The van der Waals surface area contributed by atoms with Crippen molar-refractivity contribution in [2.24, 2.45) is 10.7 Å². The number of rotatable bonds is 1. The van der Waals surface area contributed by atoms with Crippen LogP contribution in [0.5, 0.6) is 0 Å². The molecule has 0 saturated carbocycles. The third-order valence-corrected chi connectivity index (χ3v) is 4.39. The van der Waals surface area contributed by atoms with Gasteiger partial charge in [0, 0.05) is 23.7 Å². The van der Waals surface area contributed by atoms with E-state index in [1.165, 1.54) is 0 Å². The maximum absolute atomic E-state index is 6.15. The van der Waals surface area contributed by atoms with E-state index < -0.39 is 0 Å². The molecule has 20 heavy (non-hydrogen) atoms. The van der Waals surface area contributed by atoms with Crippen LogP contribution in [0.1, 0.15) is 26.7 Å². The smallest absolute Gasteiger partial charge is 0.196 e. The number of nitrogens with zero attached hydrogens (tertiary/aromatic N) is 2. The van der Waals surface area contributed by atoms with Gasteiger partial charge >= 0.3 is 0 Å². The van der Waals surface area contributed by atoms with E-state index in [4.69, 9.17) is 22.1 Å². The number of anilines is 1. The summed E-state index contributed by atoms with van der Waals surface area (Å²) >= 11 is 5.98. The highest BCUT2D eigenvalue weighted by atomic mass is 35.5. The van der Waals surface area contributed by atoms with Gasteiger partial charge in [-0.15, -0.1) is 0 Å². The van der Waals surface area contributed by atoms with Crippen LogP contribution in [0.25, 0.3) is 0 Å². The quantitative estimate of drug-likeness (QED) is 0.866. The van der Waals surface area contributed by atoms with Crippen LogP contribution in [0.3, 0.4) is 0 Å². The maximum atomic E-state index is 6.15. The average Bonchev–Trinajstić information content (AvgIpc) is 2.66. The SMILES string of the molecule is CC1(C)CC2(CCO1)CN=C(N)N2c1ccc(Cl)cc1. The predicted octanol–water partition coefficient (Wildman–Crippen LogP) is 2.80. The Kier molecular flexibility index (Phi) is 3.18. The van der Waals surface area contributed by atoms with Gasteiger partial charge in [-0.3, -0.25) is 4.99 Å². The van der Waals surface area contributed by atoms with Gasteiger partial charge in [-0.05, 0) is 44.5 Å². The molecule has 0 bridgehead atoms. The molecule has 1 saturated heterocycles. The zero-order valence-corrected chi connectivity index (χ0v) is 12.7. The van der Waals surface area contributed by atoms with Gasteiger partial charge in [0.2, 0.25) is 0 Å². The Hall–Kier alpha value is -1.26. The van der Waals surface area contributed by atoms with Crippen LogP contribution in [0, 0.1) is 0 Å². The highest BCUT2D eigenvalue weighted by Gasteiger charge is 2.49. The summed E-state index contributed by atoms with van der Waals surface area (Å²) in [6, 6.07) is 7.78. The molecule has 2 N–H and O–H groups in total. The third kappa shape index (κ3) is 2.27. The monoisotopic (exact) mass is 293 g/mol. The summed E-state index contributed by atoms with van der Waals surface area (Å²) in [5.74, 6) is 0.588. The number of guanidine groups is 1. The Balaban J connectivity index is 1.97. The van der Waals surface area contributed by atoms with E-state index in [2.05, 4.69) is 23.7 Å². The van der Waals surface area contributed by atoms with Crippen molar-refractivity contribution in [1.29, 1.82) is 0 Å². The van der Waals surface area contributed by atoms with E-state index in [1.807, 2.05) is 24.3 Å². The Morgan fingerprint density at radius 2 is 2.00 bits per heavy atom. The molecule has 1 unspecified atom stereocenters. The maximum Gasteiger partial charge on any atom is 0.196 e. The van der Waals surface area contributed by atoms with Gasteiger partial charge in [-0.25, -0.2) is 0 Å². The summed E-state index contributed by atoms with van der Waals surface area (Å²) in [4.78, 5) is 6.65. The van der Waals surface area contributed by atoms with Crippen LogP contribution in [0.15, 0.2) is 29.3 Å². The molecule has 2 aliphatic heterocycles. The van der Waals surface area contributed by atoms with Gasteiger partial charge in [0.05, 0.1) is 17.7 Å². The lowest BCUT2D eigenvalue weighted by Gasteiger charge is -2.47. The molecular formula is C15H20ClN3O. The fraction of sp³-hybridized carbons (Fsp3) is 0.533. The van der Waals surface area contributed by atoms with E-state index in [9.17, 15) is 0 Å². The zero-order valence-electron chi connectivity index (χ0n) is 11.9. The lowest BCUT2D eigenvalue weighted by Crippen LogP contribution is -2.58. The van der Waals surface area contributed by atoms with Crippen molar-refractivity contribution in [1.82, 2.24) is 0 Å². The number of nitrogens with two attached hydrogens (primary N) is 1. The molecule has 1 atom stereocenters. The molecule has 1 aromatic carbocycles. The number of benzene rings is 1. The summed E-state index contributed by atoms with van der Waals surface area (Å²) in [6.07, 6.45) is 1.84. The van der Waals surface area contributed by atoms with E-state index in [1.54, 1.807) is 0 Å². The largest absolute Gasteiger partial charge is 0.375 e. The molecule has 0 radical (unpaired) electrons. The third-order valence-electron chi connectivity index (χ3n) is 4.14. The molecule has 5 heteroatoms. The minimum Gasteiger partial charge on any atom is -0.375 e. The second-order valence-corrected chi connectivity index (χ2v) is 6.68. The lowest BCUT2D eigenvalue weighted by molar-refractivity contribution is -0.0757. The first-order valence-electron chi connectivity index (χ1n) is 6.92. The standard InChI is InChI=1S/C15H20ClN3O/c1-14(2)9-15(7-8-20-14)10-18-13(17)19(15)12-5-3-11(16)4-6-12/h3-6H,7-10H2,1-2H3,(H2,17,18). The minimum atomic E-state index is -0.150. The zero-order chi connectivity index (χ0) is 14.4. The highest BCUT2D eigenvalue weighted by molar-refractivity contribution is 6.30. The molecule has 1 spiro atoms. The topological polar surface area (TPSA) is 50.9 Å². The van der Waals surface area contributed by atoms with Gasteiger partial charge < -0.3 is 15.4 Å². The number of hydrogen-bond donors (Lipinski definition) is 1. The molecule has 1 aromatic rings. The van der Waals surface area contributed by atoms with Crippen LogP contribution in [0.2, 0.25) is 5.02 Å². The normalized spacial score (nSPS) is 28.8. The molecule has 0 amide bonds. The number of aliphatic imine (C=N–C) groups is 1. The van der Waals surface area contributed by atoms with Gasteiger partial charge in [0.15, 0.2) is 5.96 Å². The predicted molar refractivity (Wildman–Crippen MR) is 82.4 cm³/mol. The van der Waals surface area contributed by atoms with Crippen molar-refractivity contribution in [3.05, 3.63) is 29.3 Å². The molecule has 4 nitrogen and oxygen atoms in total. The Bertz CT molecular complexity index is 541. The molecule has 108 valence electrons. The summed E-state index contributed by atoms with van der Waals surface area (Å²) in [5, 5.41) is 0.727. The first-order chi connectivity index (χ1) is 9.42. The van der Waals surface area contributed by atoms with E-state index in [-0.39, 0.29) is 11.1 Å². The molecule has 0 aromatic heterocycles. The van der Waals surface area contributed by atoms with Crippen LogP contribution in [0.4, 0.5) is 5.69 Å². The fourth-order valence-electron chi connectivity index (χ4n) is 3.38. The summed E-state index contributed by atoms with van der Waals surface area (Å²) in [6.45, 7) is 5.72. The summed E-state index contributed by atoms with van der Waals surface area (Å²) in [5.41, 5.74) is 6.97. The van der Waals surface area contributed by atoms with Crippen molar-refractivity contribution in [2.75, 3.05) is 18.1 Å². The van der Waals surface area contributed by atoms with Crippen molar-refractivity contribution in [3.63, 3.8) is 0 Å². The van der Waals surface area contributed by atoms with Crippen LogP contribution >= 0.6 is 11.6 Å². The van der Waals surface area contributed by atoms with E-state index in [0.717, 1.165) is 36.7 Å². The molecule has 3 rings (SSSR count). The molecule has 2 heterocycles. The number of halogens is 1. The molecular weight excluding hydrogens is 274 g/mol. The van der Waals surface area contributed by atoms with E-state index >= 15 is 0 Å². The molecule has 1 fully saturated rings. The van der Waals surface area contributed by atoms with Crippen LogP contribution < -0.4 is 10.6 Å². The van der Waals surface area contributed by atoms with Gasteiger partial charge in [-0.1, -0.05) is 11.6 Å². The highest BCUT2D eigenvalue weighted by Crippen LogP contribution is 2.41. The van der Waals surface area contributed by atoms with Crippen LogP contribution in [-0.4, -0.2) is 30.3 Å². The average molecular weight is 294 g/mol. The first kappa shape index (κ1) is 13.7. The number of hydrogen-bond acceptors (Lipinski definition) is 4. The fourth-order valence-corrected chi connectivity index (χ4v) is 3.51. The Morgan fingerprint density at radius 3 is 2.65 bits per heavy atom. The summed E-state index contributed by atoms with van der Waals surface area (Å²) < 4.78 is 5.85. The Labute approximate surface area is 124 Å². The van der Waals surface area contributed by atoms with Crippen molar-refractivity contribution >= 4 is 23.2 Å². The second kappa shape index (κ2) is 4.64. The van der Waals surface area contributed by atoms with Gasteiger partial charge in [-0.2, -0.15) is 0 Å². The van der Waals surface area contributed by atoms with Crippen molar-refractivity contribution in [3.8, 4) is 0 Å². The van der Waals surface area contributed by atoms with Gasteiger partial charge in [0.1, 0.15) is 0 Å². The van der Waals surface area contributed by atoms with Crippen molar-refractivity contribution in [2.45, 2.75) is 37.8 Å². The molecule has 0 aliphatic carbocycles. The second-order valence-electron chi connectivity index (χ2n) is 6.25. The summed E-state index contributed by atoms with van der Waals surface area (Å²) in [7, 11) is 0. The molecule has 2 aliphatic rings. The van der Waals surface area contributed by atoms with E-state index in [0.29, 0.717) is 5.96 Å².